The molecule has 6 nitrogen and oxygen atoms in total. The Bertz CT molecular complexity index is 1590. The SMILES string of the molecule is COc1cc(S(=O)(=O)N2c3cc(C=Cc4c(F)cccc4Cl)ccc3O[C@@H](CO[Si](C)(C)C(C)(C)C)[C@H]2C)ccc1F. The van der Waals surface area contributed by atoms with Crippen LogP contribution in [0.15, 0.2) is 59.5 Å². The molecule has 0 amide bonds. The van der Waals surface area contributed by atoms with Crippen molar-refractivity contribution >= 4 is 47.8 Å². The Kier molecular flexibility index (Phi) is 9.13. The van der Waals surface area contributed by atoms with Gasteiger partial charge in [-0.15, -0.1) is 0 Å². The summed E-state index contributed by atoms with van der Waals surface area (Å²) >= 11 is 6.18. The van der Waals surface area contributed by atoms with Crippen molar-refractivity contribution in [3.05, 3.63) is 82.4 Å². The van der Waals surface area contributed by atoms with Crippen LogP contribution in [0.1, 0.15) is 38.8 Å². The number of nitrogens with zero attached hydrogens (tertiary/aromatic N) is 1. The maximum absolute atomic E-state index is 14.4. The lowest BCUT2D eigenvalue weighted by molar-refractivity contribution is 0.0969. The fraction of sp³-hybridized carbons (Fsp3) is 0.355. The second-order valence-corrected chi connectivity index (χ2v) is 18.8. The van der Waals surface area contributed by atoms with Gasteiger partial charge in [0.15, 0.2) is 19.9 Å². The Hall–Kier alpha value is -2.92. The molecular weight excluding hydrogens is 600 g/mol. The number of fused-ring (bicyclic) bond motifs is 1. The average molecular weight is 636 g/mol. The number of halogens is 3. The van der Waals surface area contributed by atoms with E-state index >= 15 is 0 Å². The molecule has 11 heteroatoms. The van der Waals surface area contributed by atoms with Gasteiger partial charge >= 0.3 is 0 Å². The van der Waals surface area contributed by atoms with Gasteiger partial charge in [-0.2, -0.15) is 0 Å². The molecule has 0 aliphatic carbocycles. The predicted molar refractivity (Wildman–Crippen MR) is 166 cm³/mol. The van der Waals surface area contributed by atoms with Crippen LogP contribution in [0.4, 0.5) is 14.5 Å². The van der Waals surface area contributed by atoms with E-state index in [-0.39, 0.29) is 38.6 Å². The molecule has 3 aromatic rings. The summed E-state index contributed by atoms with van der Waals surface area (Å²) in [6, 6.07) is 12.2. The number of ether oxygens (including phenoxy) is 2. The molecule has 4 rings (SSSR count). The molecule has 0 radical (unpaired) electrons. The van der Waals surface area contributed by atoms with Gasteiger partial charge < -0.3 is 13.9 Å². The van der Waals surface area contributed by atoms with Crippen molar-refractivity contribution in [2.24, 2.45) is 0 Å². The van der Waals surface area contributed by atoms with Gasteiger partial charge in [-0.3, -0.25) is 4.31 Å². The van der Waals surface area contributed by atoms with Crippen LogP contribution < -0.4 is 13.8 Å². The van der Waals surface area contributed by atoms with E-state index < -0.39 is 42.1 Å². The minimum Gasteiger partial charge on any atom is -0.494 e. The molecule has 1 aliphatic heterocycles. The Balaban J connectivity index is 1.79. The molecule has 0 saturated carbocycles. The summed E-state index contributed by atoms with van der Waals surface area (Å²) in [5.74, 6) is -0.997. The number of rotatable bonds is 8. The normalized spacial score (nSPS) is 17.7. The quantitative estimate of drug-likeness (QED) is 0.185. The largest absolute Gasteiger partial charge is 0.494 e. The van der Waals surface area contributed by atoms with E-state index in [9.17, 15) is 17.2 Å². The lowest BCUT2D eigenvalue weighted by Crippen LogP contribution is -2.54. The van der Waals surface area contributed by atoms with Crippen LogP contribution >= 0.6 is 11.6 Å². The van der Waals surface area contributed by atoms with Crippen LogP contribution in [0.25, 0.3) is 12.2 Å². The number of methoxy groups -OCH3 is 1. The van der Waals surface area contributed by atoms with Crippen LogP contribution in [0, 0.1) is 11.6 Å². The third kappa shape index (κ3) is 6.36. The van der Waals surface area contributed by atoms with Gasteiger partial charge in [-0.25, -0.2) is 17.2 Å². The third-order valence-electron chi connectivity index (χ3n) is 7.94. The summed E-state index contributed by atoms with van der Waals surface area (Å²) in [5.41, 5.74) is 1.10. The number of benzene rings is 3. The Morgan fingerprint density at radius 2 is 1.76 bits per heavy atom. The highest BCUT2D eigenvalue weighted by atomic mass is 35.5. The van der Waals surface area contributed by atoms with E-state index in [0.717, 1.165) is 12.1 Å². The number of anilines is 1. The summed E-state index contributed by atoms with van der Waals surface area (Å²) in [7, 11) is -5.13. The average Bonchev–Trinajstić information content (AvgIpc) is 2.91. The Morgan fingerprint density at radius 1 is 1.05 bits per heavy atom. The number of hydrogen-bond acceptors (Lipinski definition) is 5. The van der Waals surface area contributed by atoms with Gasteiger partial charge in [0, 0.05) is 11.6 Å². The van der Waals surface area contributed by atoms with Crippen molar-refractivity contribution in [3.63, 3.8) is 0 Å². The van der Waals surface area contributed by atoms with Gasteiger partial charge in [0.05, 0.1) is 35.4 Å². The van der Waals surface area contributed by atoms with Crippen LogP contribution in [0.5, 0.6) is 11.5 Å². The first-order chi connectivity index (χ1) is 19.6. The molecule has 0 spiro atoms. The zero-order chi connectivity index (χ0) is 31.0. The molecule has 0 saturated heterocycles. The third-order valence-corrected chi connectivity index (χ3v) is 14.7. The fourth-order valence-electron chi connectivity index (χ4n) is 4.33. The molecule has 0 unspecified atom stereocenters. The van der Waals surface area contributed by atoms with Gasteiger partial charge in [0.2, 0.25) is 0 Å². The highest BCUT2D eigenvalue weighted by Gasteiger charge is 2.43. The van der Waals surface area contributed by atoms with E-state index in [4.69, 9.17) is 25.5 Å². The second kappa shape index (κ2) is 12.0. The minimum atomic E-state index is -4.23. The molecule has 226 valence electrons. The number of sulfonamides is 1. The highest BCUT2D eigenvalue weighted by molar-refractivity contribution is 7.92. The van der Waals surface area contributed by atoms with Crippen LogP contribution in [0.3, 0.4) is 0 Å². The maximum Gasteiger partial charge on any atom is 0.264 e. The first-order valence-corrected chi connectivity index (χ1v) is 18.2. The molecule has 1 aliphatic rings. The molecule has 42 heavy (non-hydrogen) atoms. The van der Waals surface area contributed by atoms with Crippen molar-refractivity contribution in [2.45, 2.75) is 62.9 Å². The van der Waals surface area contributed by atoms with Crippen LogP contribution in [-0.2, 0) is 14.4 Å². The fourth-order valence-corrected chi connectivity index (χ4v) is 7.27. The Morgan fingerprint density at radius 3 is 2.40 bits per heavy atom. The zero-order valence-electron chi connectivity index (χ0n) is 24.7. The lowest BCUT2D eigenvalue weighted by atomic mass is 10.1. The van der Waals surface area contributed by atoms with Crippen molar-refractivity contribution in [3.8, 4) is 11.5 Å². The van der Waals surface area contributed by atoms with Crippen molar-refractivity contribution < 1.29 is 31.1 Å². The molecule has 3 aromatic carbocycles. The van der Waals surface area contributed by atoms with Gasteiger partial charge in [0.1, 0.15) is 17.7 Å². The maximum atomic E-state index is 14.4. The van der Waals surface area contributed by atoms with E-state index in [2.05, 4.69) is 33.9 Å². The predicted octanol–water partition coefficient (Wildman–Crippen LogP) is 8.16. The summed E-state index contributed by atoms with van der Waals surface area (Å²) in [4.78, 5) is -0.136. The first kappa shape index (κ1) is 32.0. The van der Waals surface area contributed by atoms with Crippen molar-refractivity contribution in [1.82, 2.24) is 0 Å². The van der Waals surface area contributed by atoms with E-state index in [0.29, 0.717) is 11.3 Å². The van der Waals surface area contributed by atoms with Gasteiger partial charge in [-0.05, 0) is 73.1 Å². The van der Waals surface area contributed by atoms with E-state index in [1.54, 1.807) is 37.3 Å². The van der Waals surface area contributed by atoms with E-state index in [1.807, 2.05) is 0 Å². The molecule has 1 heterocycles. The van der Waals surface area contributed by atoms with Crippen LogP contribution in [-0.4, -0.2) is 42.6 Å². The standard InChI is InChI=1S/C31H36ClF2NO5SSi/c1-20-30(19-39-42(6,7)31(2,3)4)40-28-16-12-21(11-14-23-24(32)9-8-10-25(23)33)17-27(28)35(20)41(36,37)22-13-15-26(34)29(18-22)38-5/h8-18,20,30H,19H2,1-7H3/t20-,30+/m1/s1. The molecule has 0 aromatic heterocycles. The van der Waals surface area contributed by atoms with Crippen molar-refractivity contribution in [2.75, 3.05) is 18.0 Å². The smallest absolute Gasteiger partial charge is 0.264 e. The van der Waals surface area contributed by atoms with Crippen molar-refractivity contribution in [1.29, 1.82) is 0 Å². The summed E-state index contributed by atoms with van der Waals surface area (Å²) in [6.45, 7) is 12.6. The molecule has 2 atom stereocenters. The minimum absolute atomic E-state index is 0.0540. The van der Waals surface area contributed by atoms with Crippen LogP contribution in [0.2, 0.25) is 23.2 Å². The molecule has 0 N–H and O–H groups in total. The molecular formula is C31H36ClF2NO5SSi. The summed E-state index contributed by atoms with van der Waals surface area (Å²) in [5, 5.41) is 0.196. The second-order valence-electron chi connectivity index (χ2n) is 11.8. The van der Waals surface area contributed by atoms with Gasteiger partial charge in [-0.1, -0.05) is 50.6 Å². The van der Waals surface area contributed by atoms with E-state index in [1.165, 1.54) is 35.7 Å². The lowest BCUT2D eigenvalue weighted by Gasteiger charge is -2.43. The first-order valence-electron chi connectivity index (χ1n) is 13.5. The summed E-state index contributed by atoms with van der Waals surface area (Å²) < 4.78 is 76.1. The Labute approximate surface area is 253 Å². The topological polar surface area (TPSA) is 65.1 Å². The summed E-state index contributed by atoms with van der Waals surface area (Å²) in [6.07, 6.45) is 2.56. The highest BCUT2D eigenvalue weighted by Crippen LogP contribution is 2.43. The monoisotopic (exact) mass is 635 g/mol. The zero-order valence-corrected chi connectivity index (χ0v) is 27.3. The molecule has 0 bridgehead atoms. The molecule has 0 fully saturated rings. The van der Waals surface area contributed by atoms with Gasteiger partial charge in [0.25, 0.3) is 10.0 Å². The number of hydrogen-bond donors (Lipinski definition) is 0.